The van der Waals surface area contributed by atoms with Crippen LogP contribution in [0.2, 0.25) is 0 Å². The summed E-state index contributed by atoms with van der Waals surface area (Å²) in [6, 6.07) is 62.4. The van der Waals surface area contributed by atoms with Crippen molar-refractivity contribution in [3.05, 3.63) is 186 Å². The Balaban J connectivity index is 1.15. The first-order valence-electron chi connectivity index (χ1n) is 17.6. The summed E-state index contributed by atoms with van der Waals surface area (Å²) in [7, 11) is 0. The van der Waals surface area contributed by atoms with Crippen LogP contribution in [0.3, 0.4) is 0 Å². The van der Waals surface area contributed by atoms with Crippen molar-refractivity contribution in [1.82, 2.24) is 4.57 Å². The average Bonchev–Trinajstić information content (AvgIpc) is 3.60. The lowest BCUT2D eigenvalue weighted by atomic mass is 9.91. The summed E-state index contributed by atoms with van der Waals surface area (Å²) in [4.78, 5) is 14.4. The van der Waals surface area contributed by atoms with Gasteiger partial charge in [0.15, 0.2) is 0 Å². The Labute approximate surface area is 303 Å². The summed E-state index contributed by atoms with van der Waals surface area (Å²) in [5.74, 6) is 0. The molecule has 0 aliphatic rings. The summed E-state index contributed by atoms with van der Waals surface area (Å²) in [6.45, 7) is 0. The summed E-state index contributed by atoms with van der Waals surface area (Å²) >= 11 is 1.87. The second-order valence-corrected chi connectivity index (χ2v) is 14.7. The van der Waals surface area contributed by atoms with E-state index in [0.717, 1.165) is 38.5 Å². The van der Waals surface area contributed by atoms with Crippen LogP contribution in [0.15, 0.2) is 181 Å². The van der Waals surface area contributed by atoms with Gasteiger partial charge in [-0.2, -0.15) is 0 Å². The van der Waals surface area contributed by atoms with E-state index in [1.54, 1.807) is 0 Å². The smallest absolute Gasteiger partial charge is 0.263 e. The molecule has 2 nitrogen and oxygen atoms in total. The fraction of sp³-hybridized carbons (Fsp3) is 0. The molecule has 0 fully saturated rings. The number of rotatable bonds is 3. The zero-order valence-electron chi connectivity index (χ0n) is 28.0. The van der Waals surface area contributed by atoms with Crippen LogP contribution in [0, 0.1) is 0 Å². The number of hydrogen-bond donors (Lipinski definition) is 0. The summed E-state index contributed by atoms with van der Waals surface area (Å²) < 4.78 is 4.54. The van der Waals surface area contributed by atoms with E-state index in [1.165, 1.54) is 58.2 Å². The SMILES string of the molecule is O=c1c2ccccc2c2cc(-c3ccccc3)ccc2n1-c1ccc2c3ccc(-c4cccc5c4sc4ccccc45)cc3c3ccccc3c2c1. The Hall–Kier alpha value is -6.55. The van der Waals surface area contributed by atoms with E-state index in [1.807, 2.05) is 40.2 Å². The predicted molar refractivity (Wildman–Crippen MR) is 223 cm³/mol. The van der Waals surface area contributed by atoms with Crippen LogP contribution < -0.4 is 5.56 Å². The van der Waals surface area contributed by atoms with Gasteiger partial charge in [0.05, 0.1) is 5.52 Å². The minimum absolute atomic E-state index is 0.0138. The minimum atomic E-state index is -0.0138. The van der Waals surface area contributed by atoms with E-state index in [9.17, 15) is 4.79 Å². The Morgan fingerprint density at radius 1 is 0.365 bits per heavy atom. The van der Waals surface area contributed by atoms with Gasteiger partial charge >= 0.3 is 0 Å². The lowest BCUT2D eigenvalue weighted by molar-refractivity contribution is 1.06. The van der Waals surface area contributed by atoms with Crippen LogP contribution in [0.5, 0.6) is 0 Å². The molecule has 0 aliphatic heterocycles. The van der Waals surface area contributed by atoms with Gasteiger partial charge in [0.25, 0.3) is 5.56 Å². The van der Waals surface area contributed by atoms with Crippen molar-refractivity contribution < 1.29 is 0 Å². The monoisotopic (exact) mass is 679 g/mol. The number of nitrogens with zero attached hydrogens (tertiary/aromatic N) is 1. The number of hydrogen-bond acceptors (Lipinski definition) is 2. The van der Waals surface area contributed by atoms with Gasteiger partial charge in [0.1, 0.15) is 0 Å². The molecule has 242 valence electrons. The molecule has 0 atom stereocenters. The van der Waals surface area contributed by atoms with Crippen LogP contribution in [0.25, 0.3) is 102 Å². The Kier molecular flexibility index (Phi) is 6.31. The van der Waals surface area contributed by atoms with Gasteiger partial charge in [-0.3, -0.25) is 9.36 Å². The highest BCUT2D eigenvalue weighted by molar-refractivity contribution is 7.26. The molecule has 11 aromatic rings. The van der Waals surface area contributed by atoms with E-state index in [4.69, 9.17) is 0 Å². The molecule has 0 N–H and O–H groups in total. The van der Waals surface area contributed by atoms with E-state index in [2.05, 4.69) is 152 Å². The second-order valence-electron chi connectivity index (χ2n) is 13.6. The number of thiophene rings is 1. The molecular weight excluding hydrogens is 651 g/mol. The van der Waals surface area contributed by atoms with Crippen molar-refractivity contribution >= 4 is 85.5 Å². The van der Waals surface area contributed by atoms with Crippen LogP contribution in [-0.4, -0.2) is 4.57 Å². The third-order valence-corrected chi connectivity index (χ3v) is 12.0. The molecule has 9 aromatic carbocycles. The molecule has 3 heteroatoms. The molecule has 0 saturated carbocycles. The van der Waals surface area contributed by atoms with Gasteiger partial charge in [-0.1, -0.05) is 133 Å². The van der Waals surface area contributed by atoms with Crippen LogP contribution >= 0.6 is 11.3 Å². The second kappa shape index (κ2) is 11.2. The van der Waals surface area contributed by atoms with E-state index >= 15 is 0 Å². The third-order valence-electron chi connectivity index (χ3n) is 10.8. The molecule has 0 aliphatic carbocycles. The summed E-state index contributed by atoms with van der Waals surface area (Å²) in [5.41, 5.74) is 6.50. The van der Waals surface area contributed by atoms with Gasteiger partial charge in [-0.05, 0) is 102 Å². The quantitative estimate of drug-likeness (QED) is 0.170. The normalized spacial score (nSPS) is 11.9. The van der Waals surface area contributed by atoms with E-state index in [0.29, 0.717) is 5.39 Å². The third kappa shape index (κ3) is 4.27. The Bertz CT molecular complexity index is 3300. The van der Waals surface area contributed by atoms with E-state index < -0.39 is 0 Å². The van der Waals surface area contributed by atoms with Gasteiger partial charge in [0, 0.05) is 36.6 Å². The zero-order valence-corrected chi connectivity index (χ0v) is 28.8. The summed E-state index contributed by atoms with van der Waals surface area (Å²) in [6.07, 6.45) is 0. The van der Waals surface area contributed by atoms with Crippen LogP contribution in [0.4, 0.5) is 0 Å². The largest absolute Gasteiger partial charge is 0.276 e. The first-order chi connectivity index (χ1) is 25.7. The van der Waals surface area contributed by atoms with Gasteiger partial charge in [-0.15, -0.1) is 11.3 Å². The van der Waals surface area contributed by atoms with Crippen molar-refractivity contribution in [2.75, 3.05) is 0 Å². The Morgan fingerprint density at radius 2 is 0.942 bits per heavy atom. The first-order valence-corrected chi connectivity index (χ1v) is 18.5. The lowest BCUT2D eigenvalue weighted by Gasteiger charge is -2.17. The highest BCUT2D eigenvalue weighted by Crippen LogP contribution is 2.43. The number of benzene rings is 9. The molecule has 0 bridgehead atoms. The molecule has 11 rings (SSSR count). The predicted octanol–water partition coefficient (Wildman–Crippen LogP) is 13.3. The number of pyridine rings is 1. The highest BCUT2D eigenvalue weighted by Gasteiger charge is 2.17. The summed E-state index contributed by atoms with van der Waals surface area (Å²) in [5, 5.41) is 12.5. The highest BCUT2D eigenvalue weighted by atomic mass is 32.1. The molecule has 0 spiro atoms. The van der Waals surface area contributed by atoms with Crippen molar-refractivity contribution in [2.45, 2.75) is 0 Å². The standard InChI is InChI=1S/C49H29NOS/c51-49-42-17-7-6-15-37(42)45-27-31(30-11-2-1-3-12-30)22-26-46(45)50(49)33-23-25-39-38-24-21-32(28-43(38)35-13-4-5-14-36(35)44(39)29-33)34-18-10-19-41-40-16-8-9-20-47(40)52-48(34)41/h1-29H. The van der Waals surface area contributed by atoms with Crippen LogP contribution in [-0.2, 0) is 0 Å². The average molecular weight is 680 g/mol. The number of fused-ring (bicyclic) bond motifs is 12. The molecule has 0 amide bonds. The van der Waals surface area contributed by atoms with Gasteiger partial charge in [0.2, 0.25) is 0 Å². The minimum Gasteiger partial charge on any atom is -0.276 e. The molecule has 0 unspecified atom stereocenters. The van der Waals surface area contributed by atoms with E-state index in [-0.39, 0.29) is 5.56 Å². The molecular formula is C49H29NOS. The van der Waals surface area contributed by atoms with Crippen molar-refractivity contribution in [3.8, 4) is 27.9 Å². The maximum atomic E-state index is 14.4. The first kappa shape index (κ1) is 29.2. The van der Waals surface area contributed by atoms with Crippen molar-refractivity contribution in [3.63, 3.8) is 0 Å². The molecule has 52 heavy (non-hydrogen) atoms. The molecule has 0 radical (unpaired) electrons. The van der Waals surface area contributed by atoms with Crippen molar-refractivity contribution in [1.29, 1.82) is 0 Å². The zero-order chi connectivity index (χ0) is 34.3. The Morgan fingerprint density at radius 3 is 1.73 bits per heavy atom. The van der Waals surface area contributed by atoms with Gasteiger partial charge in [-0.25, -0.2) is 0 Å². The maximum Gasteiger partial charge on any atom is 0.263 e. The fourth-order valence-corrected chi connectivity index (χ4v) is 9.61. The topological polar surface area (TPSA) is 22.0 Å². The van der Waals surface area contributed by atoms with Crippen LogP contribution in [0.1, 0.15) is 0 Å². The molecule has 2 aromatic heterocycles. The fourth-order valence-electron chi connectivity index (χ4n) is 8.37. The lowest BCUT2D eigenvalue weighted by Crippen LogP contribution is -2.19. The molecule has 2 heterocycles. The molecule has 0 saturated heterocycles. The maximum absolute atomic E-state index is 14.4. The number of aromatic nitrogens is 1. The van der Waals surface area contributed by atoms with Crippen molar-refractivity contribution in [2.24, 2.45) is 0 Å². The van der Waals surface area contributed by atoms with Gasteiger partial charge < -0.3 is 0 Å².